The summed E-state index contributed by atoms with van der Waals surface area (Å²) in [5.74, 6) is 12.3. The van der Waals surface area contributed by atoms with Gasteiger partial charge in [-0.15, -0.1) is 23.7 Å². The predicted octanol–water partition coefficient (Wildman–Crippen LogP) is 4.39. The number of nitrogens with one attached hydrogen (secondary N) is 4. The number of nitrogens with two attached hydrogens (primary N) is 1. The molecule has 54 heteroatoms. The van der Waals surface area contributed by atoms with E-state index >= 15 is 0 Å². The molecule has 8 aromatic heterocycles. The molecule has 12 heterocycles. The molecule has 2 aromatic carbocycles. The Kier molecular flexibility index (Phi) is 40.8. The van der Waals surface area contributed by atoms with Crippen molar-refractivity contribution in [3.8, 4) is 53.4 Å². The summed E-state index contributed by atoms with van der Waals surface area (Å²) < 4.78 is 154. The molecule has 0 bridgehead atoms. The molecule has 0 atom stereocenters. The maximum Gasteiger partial charge on any atom is 0.490 e. The maximum absolute atomic E-state index is 13.8. The number of ether oxygens (including phenoxy) is 3. The Balaban J connectivity index is 0.000000238. The molecule has 4 aliphatic rings. The van der Waals surface area contributed by atoms with Crippen LogP contribution in [0.5, 0.6) is 0 Å². The van der Waals surface area contributed by atoms with Crippen LogP contribution in [0.3, 0.4) is 0 Å². The second-order valence-corrected chi connectivity index (χ2v) is 29.8. The number of ketones is 1. The van der Waals surface area contributed by atoms with Gasteiger partial charge in [0.25, 0.3) is 28.1 Å². The number of hydrogen-bond donors (Lipinski definition) is 9. The standard InChI is InChI=1S/C24H24N6O3.C24H25N5O4.C17H21N5O3.C16H20N6O2.4C2HF3O2/c1-3-4-11-29-21-19(27-24(29)28-12-9-26-10-13-28)14-20(23(32)33-2)30(22(21)31)16-18-8-6-5-7-17(18)15-25;1-3-4-12-28-21-18(26-24(28)27-13-10-25-11-14-27)15-19(23(32)33-2)29(22(21)31)16-20(30)17-8-6-5-7-9-17;1-4-5-8-22-14-12(19-17(22)21-9-6-18-7-10-21)11-13(16(24)25-3)20(2)15(14)23;1-3-4-7-22-13-11(10-12(14(17)23)20(2)15(13)24)19-16(22)21-8-5-18-6-9-21;4*3-2(4,5)1(6)7/h5-8,14,26H,9-13,16H2,1-2H3;5-9,15,25H,10-14,16H2,1-2H3;11,18H,6-10H2,1-3H3;10,18H,5-9H2,1-2H3,(H2,17,23);4*(H,6,7). The Labute approximate surface area is 802 Å². The maximum atomic E-state index is 13.8. The fourth-order valence-corrected chi connectivity index (χ4v) is 13.9. The molecule has 42 nitrogen and oxygen atoms in total. The van der Waals surface area contributed by atoms with E-state index in [-0.39, 0.29) is 64.9 Å². The Bertz CT molecular complexity index is 6840. The molecule has 0 saturated carbocycles. The van der Waals surface area contributed by atoms with Gasteiger partial charge in [-0.25, -0.2) is 53.5 Å². The molecule has 10 N–H and O–H groups in total. The number of aromatic nitrogens is 12. The molecule has 4 fully saturated rings. The zero-order valence-corrected chi connectivity index (χ0v) is 77.6. The number of carbonyl (C=O) groups is 9. The van der Waals surface area contributed by atoms with Crippen molar-refractivity contribution in [3.63, 3.8) is 0 Å². The van der Waals surface area contributed by atoms with Crippen molar-refractivity contribution in [2.45, 2.75) is 91.7 Å². The summed E-state index contributed by atoms with van der Waals surface area (Å²) in [6, 6.07) is 24.1. The van der Waals surface area contributed by atoms with Crippen LogP contribution < -0.4 is 68.8 Å². The normalized spacial score (nSPS) is 13.3. The number of anilines is 4. The lowest BCUT2D eigenvalue weighted by Gasteiger charge is -2.28. The van der Waals surface area contributed by atoms with E-state index in [1.54, 1.807) is 112 Å². The van der Waals surface area contributed by atoms with Gasteiger partial charge >= 0.3 is 66.5 Å². The number of nitriles is 1. The van der Waals surface area contributed by atoms with Crippen LogP contribution in [0.4, 0.5) is 76.5 Å². The van der Waals surface area contributed by atoms with Gasteiger partial charge in [-0.3, -0.25) is 56.2 Å². The number of alkyl halides is 12. The van der Waals surface area contributed by atoms with Crippen molar-refractivity contribution < 1.29 is 130 Å². The molecular formula is C89H94F12N22O20. The summed E-state index contributed by atoms with van der Waals surface area (Å²) in [5.41, 5.74) is 9.13. The molecule has 0 aliphatic carbocycles. The van der Waals surface area contributed by atoms with Gasteiger partial charge in [0.1, 0.15) is 44.8 Å². The van der Waals surface area contributed by atoms with E-state index in [0.717, 1.165) is 105 Å². The number of pyridine rings is 4. The number of esters is 3. The number of halogens is 12. The van der Waals surface area contributed by atoms with Crippen molar-refractivity contribution in [2.24, 2.45) is 19.8 Å². The minimum Gasteiger partial charge on any atom is -0.475 e. The van der Waals surface area contributed by atoms with E-state index in [1.807, 2.05) is 13.7 Å². The number of carboxylic acids is 4. The van der Waals surface area contributed by atoms with Gasteiger partial charge in [-0.2, -0.15) is 57.9 Å². The van der Waals surface area contributed by atoms with E-state index in [1.165, 1.54) is 52.7 Å². The van der Waals surface area contributed by atoms with E-state index in [4.69, 9.17) is 69.5 Å². The van der Waals surface area contributed by atoms with Crippen LogP contribution in [-0.4, -0.2) is 281 Å². The largest absolute Gasteiger partial charge is 0.490 e. The van der Waals surface area contributed by atoms with Crippen LogP contribution in [0.2, 0.25) is 0 Å². The van der Waals surface area contributed by atoms with E-state index in [2.05, 4.69) is 104 Å². The smallest absolute Gasteiger partial charge is 0.475 e. The molecule has 143 heavy (non-hydrogen) atoms. The lowest BCUT2D eigenvalue weighted by Crippen LogP contribution is -2.44. The quantitative estimate of drug-likeness (QED) is 0.0201. The van der Waals surface area contributed by atoms with Crippen LogP contribution >= 0.6 is 0 Å². The van der Waals surface area contributed by atoms with Crippen molar-refractivity contribution >= 4 is 121 Å². The van der Waals surface area contributed by atoms with Gasteiger partial charge in [0.2, 0.25) is 23.8 Å². The van der Waals surface area contributed by atoms with Gasteiger partial charge in [-0.1, -0.05) is 72.2 Å². The van der Waals surface area contributed by atoms with Crippen molar-refractivity contribution in [2.75, 3.05) is 146 Å². The van der Waals surface area contributed by atoms with Crippen LogP contribution in [0.15, 0.2) is 98.0 Å². The Morgan fingerprint density at radius 3 is 0.937 bits per heavy atom. The zero-order chi connectivity index (χ0) is 106. The van der Waals surface area contributed by atoms with E-state index in [9.17, 15) is 101 Å². The number of benzene rings is 2. The predicted molar refractivity (Wildman–Crippen MR) is 490 cm³/mol. The van der Waals surface area contributed by atoms with Crippen LogP contribution in [0, 0.1) is 58.7 Å². The third-order valence-corrected chi connectivity index (χ3v) is 20.7. The molecule has 4 aliphatic heterocycles. The number of imidazole rings is 4. The van der Waals surface area contributed by atoms with Gasteiger partial charge in [-0.05, 0) is 63.6 Å². The number of aliphatic carboxylic acids is 4. The highest BCUT2D eigenvalue weighted by molar-refractivity contribution is 5.99. The highest BCUT2D eigenvalue weighted by Crippen LogP contribution is 2.29. The van der Waals surface area contributed by atoms with Gasteiger partial charge in [0, 0.05) is 124 Å². The first-order valence-corrected chi connectivity index (χ1v) is 42.2. The summed E-state index contributed by atoms with van der Waals surface area (Å²) >= 11 is 0. The van der Waals surface area contributed by atoms with E-state index in [0.29, 0.717) is 104 Å². The Morgan fingerprint density at radius 2 is 0.650 bits per heavy atom. The molecule has 10 aromatic rings. The van der Waals surface area contributed by atoms with Crippen LogP contribution in [-0.2, 0) is 86.8 Å². The second kappa shape index (κ2) is 51.4. The fourth-order valence-electron chi connectivity index (χ4n) is 13.9. The average molecular weight is 2020 g/mol. The lowest BCUT2D eigenvalue weighted by atomic mass is 10.1. The molecule has 0 spiro atoms. The van der Waals surface area contributed by atoms with Crippen LogP contribution in [0.1, 0.15) is 91.1 Å². The SMILES string of the molecule is CC#CCn1c(N2CCNCC2)nc2cc(C(=O)OC)n(C)c(=O)c21.CC#CCn1c(N2CCNCC2)nc2cc(C(=O)OC)n(CC(=O)c3ccccc3)c(=O)c21.CC#CCn1c(N2CCNCC2)nc2cc(C(=O)OC)n(Cc3ccccc3C#N)c(=O)c21.CC#CCn1c(N2CCNCC2)nc2cc(C(N)=O)n(C)c(=O)c21.O=C(O)C(F)(F)F.O=C(O)C(F)(F)F.O=C(O)C(F)(F)F.O=C(O)C(F)(F)F. The Hall–Kier alpha value is -16.5. The first-order valence-electron chi connectivity index (χ1n) is 42.2. The number of carboxylic acid groups (broad SMARTS) is 4. The van der Waals surface area contributed by atoms with Gasteiger partial charge in [0.05, 0.1) is 94.3 Å². The molecule has 1 amide bonds. The fraction of sp³-hybridized carbons (Fsp3) is 0.393. The number of fused-ring (bicyclic) bond motifs is 4. The highest BCUT2D eigenvalue weighted by atomic mass is 19.4. The van der Waals surface area contributed by atoms with Crippen molar-refractivity contribution in [1.29, 1.82) is 5.26 Å². The van der Waals surface area contributed by atoms with Gasteiger partial charge < -0.3 is 90.4 Å². The molecular weight excluding hydrogens is 1930 g/mol. The van der Waals surface area contributed by atoms with E-state index < -0.39 is 78.0 Å². The number of amides is 1. The van der Waals surface area contributed by atoms with Crippen LogP contribution in [0.25, 0.3) is 44.1 Å². The minimum absolute atomic E-state index is 0.0163. The molecule has 0 unspecified atom stereocenters. The highest BCUT2D eigenvalue weighted by Gasteiger charge is 2.41. The monoisotopic (exact) mass is 2020 g/mol. The first-order chi connectivity index (χ1) is 67.5. The number of Topliss-reactive ketones (excluding diaryl/α,β-unsaturated/α-hetero) is 1. The molecule has 4 saturated heterocycles. The topological polar surface area (TPSA) is 532 Å². The summed E-state index contributed by atoms with van der Waals surface area (Å²) in [5, 5.41) is 51.2. The third kappa shape index (κ3) is 29.5. The number of piperazine rings is 4. The third-order valence-electron chi connectivity index (χ3n) is 20.7. The zero-order valence-electron chi connectivity index (χ0n) is 77.6. The number of carbonyl (C=O) groups excluding carboxylic acids is 5. The summed E-state index contributed by atoms with van der Waals surface area (Å²) in [6.45, 7) is 20.8. The Morgan fingerprint density at radius 1 is 0.392 bits per heavy atom. The molecule has 0 radical (unpaired) electrons. The number of methoxy groups -OCH3 is 3. The minimum atomic E-state index is -5.08. The van der Waals surface area contributed by atoms with Crippen molar-refractivity contribution in [3.05, 3.63) is 160 Å². The second-order valence-electron chi connectivity index (χ2n) is 29.8. The lowest BCUT2D eigenvalue weighted by molar-refractivity contribution is -0.193. The summed E-state index contributed by atoms with van der Waals surface area (Å²) in [4.78, 5) is 177. The van der Waals surface area contributed by atoms with Crippen molar-refractivity contribution in [1.82, 2.24) is 77.7 Å². The molecule has 14 rings (SSSR count). The number of rotatable bonds is 17. The average Bonchev–Trinajstić information content (AvgIpc) is 1.64. The number of nitrogens with zero attached hydrogens (tertiary/aromatic N) is 17. The molecule has 764 valence electrons. The summed E-state index contributed by atoms with van der Waals surface area (Å²) in [6.07, 6.45) is -20.3. The summed E-state index contributed by atoms with van der Waals surface area (Å²) in [7, 11) is 6.89. The number of hydrogen-bond acceptors (Lipinski definition) is 29. The number of primary amides is 1. The van der Waals surface area contributed by atoms with Gasteiger partial charge in [0.15, 0.2) is 5.78 Å². The first kappa shape index (κ1) is 113.